The maximum Gasteiger partial charge on any atom is 0.161 e. The number of hydrogen-bond donors (Lipinski definition) is 1. The fourth-order valence-corrected chi connectivity index (χ4v) is 2.96. The average molecular weight is 334 g/mol. The van der Waals surface area contributed by atoms with E-state index in [2.05, 4.69) is 45.8 Å². The van der Waals surface area contributed by atoms with Gasteiger partial charge in [-0.2, -0.15) is 0 Å². The van der Waals surface area contributed by atoms with Crippen molar-refractivity contribution >= 4 is 21.7 Å². The maximum atomic E-state index is 5.99. The zero-order valence-corrected chi connectivity index (χ0v) is 13.1. The smallest absolute Gasteiger partial charge is 0.161 e. The predicted octanol–water partition coefficient (Wildman–Crippen LogP) is 3.55. The molecule has 104 valence electrons. The topological polar surface area (TPSA) is 61.0 Å². The van der Waals surface area contributed by atoms with Crippen LogP contribution in [0.2, 0.25) is 0 Å². The van der Waals surface area contributed by atoms with E-state index in [1.54, 1.807) is 0 Å². The van der Waals surface area contributed by atoms with E-state index in [9.17, 15) is 0 Å². The molecule has 1 aromatic carbocycles. The zero-order chi connectivity index (χ0) is 14.3. The van der Waals surface area contributed by atoms with Crippen molar-refractivity contribution in [1.82, 2.24) is 9.97 Å². The van der Waals surface area contributed by atoms with Gasteiger partial charge in [0.1, 0.15) is 11.6 Å². The molecule has 1 aliphatic rings. The summed E-state index contributed by atoms with van der Waals surface area (Å²) < 4.78 is 6.31. The first-order chi connectivity index (χ1) is 9.56. The van der Waals surface area contributed by atoms with Crippen molar-refractivity contribution in [3.63, 3.8) is 0 Å². The van der Waals surface area contributed by atoms with E-state index in [4.69, 9.17) is 10.5 Å². The largest absolute Gasteiger partial charge is 0.493 e. The highest BCUT2D eigenvalue weighted by Crippen LogP contribution is 2.32. The minimum Gasteiger partial charge on any atom is -0.493 e. The molecule has 2 aromatic rings. The predicted molar refractivity (Wildman–Crippen MR) is 82.9 cm³/mol. The first kappa shape index (κ1) is 13.4. The van der Waals surface area contributed by atoms with Crippen molar-refractivity contribution in [2.45, 2.75) is 26.2 Å². The minimum atomic E-state index is 0.284. The molecule has 0 unspecified atom stereocenters. The Kier molecular flexibility index (Phi) is 3.38. The normalized spacial score (nSPS) is 13.4. The number of fused-ring (bicyclic) bond motifs is 1. The molecule has 4 nitrogen and oxygen atoms in total. The Balaban J connectivity index is 2.10. The van der Waals surface area contributed by atoms with Gasteiger partial charge in [-0.15, -0.1) is 0 Å². The monoisotopic (exact) mass is 333 g/mol. The summed E-state index contributed by atoms with van der Waals surface area (Å²) in [5, 5.41) is 0. The Morgan fingerprint density at radius 2 is 2.10 bits per heavy atom. The lowest BCUT2D eigenvalue weighted by atomic mass is 10.1. The number of nitrogen functional groups attached to an aromatic ring is 1. The van der Waals surface area contributed by atoms with Crippen molar-refractivity contribution in [1.29, 1.82) is 0 Å². The van der Waals surface area contributed by atoms with Crippen LogP contribution in [0.25, 0.3) is 11.4 Å². The van der Waals surface area contributed by atoms with Crippen LogP contribution in [0.3, 0.4) is 0 Å². The lowest BCUT2D eigenvalue weighted by Crippen LogP contribution is -2.04. The Morgan fingerprint density at radius 1 is 1.30 bits per heavy atom. The molecule has 2 N–H and O–H groups in total. The Labute approximate surface area is 126 Å². The van der Waals surface area contributed by atoms with Gasteiger partial charge in [0.15, 0.2) is 5.82 Å². The highest BCUT2D eigenvalue weighted by Gasteiger charge is 2.17. The highest BCUT2D eigenvalue weighted by atomic mass is 79.9. The number of nitrogens with two attached hydrogens (primary N) is 1. The van der Waals surface area contributed by atoms with Crippen LogP contribution in [-0.2, 0) is 6.42 Å². The van der Waals surface area contributed by atoms with Crippen LogP contribution in [0.5, 0.6) is 5.75 Å². The van der Waals surface area contributed by atoms with Gasteiger partial charge in [-0.3, -0.25) is 0 Å². The molecule has 0 radical (unpaired) electrons. The fourth-order valence-electron chi connectivity index (χ4n) is 2.32. The van der Waals surface area contributed by atoms with Gasteiger partial charge in [0, 0.05) is 12.0 Å². The van der Waals surface area contributed by atoms with Gasteiger partial charge < -0.3 is 10.5 Å². The van der Waals surface area contributed by atoms with Gasteiger partial charge in [0.05, 0.1) is 16.8 Å². The van der Waals surface area contributed by atoms with Crippen molar-refractivity contribution in [2.75, 3.05) is 12.3 Å². The van der Waals surface area contributed by atoms with Gasteiger partial charge >= 0.3 is 0 Å². The van der Waals surface area contributed by atoms with Gasteiger partial charge in [-0.1, -0.05) is 13.8 Å². The molecule has 0 saturated carbocycles. The lowest BCUT2D eigenvalue weighted by molar-refractivity contribution is 0.357. The minimum absolute atomic E-state index is 0.284. The standard InChI is InChI=1S/C15H16BrN3O/c1-8(2)13-12(16)14(17)19-15(18-13)10-3-4-11-9(7-10)5-6-20-11/h3-4,7-8H,5-6H2,1-2H3,(H2,17,18,19). The molecule has 20 heavy (non-hydrogen) atoms. The first-order valence-corrected chi connectivity index (χ1v) is 7.44. The Bertz CT molecular complexity index is 670. The van der Waals surface area contributed by atoms with Crippen LogP contribution in [-0.4, -0.2) is 16.6 Å². The number of benzene rings is 1. The molecule has 2 heterocycles. The third-order valence-electron chi connectivity index (χ3n) is 3.40. The fraction of sp³-hybridized carbons (Fsp3) is 0.333. The quantitative estimate of drug-likeness (QED) is 0.912. The van der Waals surface area contributed by atoms with Gasteiger partial charge in [-0.25, -0.2) is 9.97 Å². The second-order valence-corrected chi connectivity index (χ2v) is 6.00. The van der Waals surface area contributed by atoms with E-state index in [0.29, 0.717) is 11.6 Å². The second kappa shape index (κ2) is 5.05. The van der Waals surface area contributed by atoms with E-state index < -0.39 is 0 Å². The number of aromatic nitrogens is 2. The number of anilines is 1. The van der Waals surface area contributed by atoms with Crippen LogP contribution in [0.15, 0.2) is 22.7 Å². The molecule has 0 aliphatic carbocycles. The first-order valence-electron chi connectivity index (χ1n) is 6.65. The SMILES string of the molecule is CC(C)c1nc(-c2ccc3c(c2)CCO3)nc(N)c1Br. The second-order valence-electron chi connectivity index (χ2n) is 5.21. The molecular formula is C15H16BrN3O. The molecule has 0 amide bonds. The van der Waals surface area contributed by atoms with Crippen LogP contribution in [0.4, 0.5) is 5.82 Å². The third-order valence-corrected chi connectivity index (χ3v) is 4.21. The van der Waals surface area contributed by atoms with Gasteiger partial charge in [0.2, 0.25) is 0 Å². The van der Waals surface area contributed by atoms with Crippen molar-refractivity contribution < 1.29 is 4.74 Å². The van der Waals surface area contributed by atoms with Crippen LogP contribution < -0.4 is 10.5 Å². The van der Waals surface area contributed by atoms with E-state index in [-0.39, 0.29) is 5.92 Å². The van der Waals surface area contributed by atoms with E-state index in [1.165, 1.54) is 5.56 Å². The summed E-state index contributed by atoms with van der Waals surface area (Å²) in [6.07, 6.45) is 0.937. The van der Waals surface area contributed by atoms with E-state index in [0.717, 1.165) is 34.5 Å². The number of rotatable bonds is 2. The summed E-state index contributed by atoms with van der Waals surface area (Å²) in [6, 6.07) is 6.06. The molecule has 0 atom stereocenters. The number of halogens is 1. The summed E-state index contributed by atoms with van der Waals surface area (Å²) in [5.41, 5.74) is 9.11. The van der Waals surface area contributed by atoms with Crippen LogP contribution >= 0.6 is 15.9 Å². The Hall–Kier alpha value is -1.62. The summed E-state index contributed by atoms with van der Waals surface area (Å²) >= 11 is 3.47. The molecule has 1 aromatic heterocycles. The van der Waals surface area contributed by atoms with E-state index in [1.807, 2.05) is 12.1 Å². The molecule has 0 fully saturated rings. The number of hydrogen-bond acceptors (Lipinski definition) is 4. The van der Waals surface area contributed by atoms with Crippen molar-refractivity contribution in [3.8, 4) is 17.1 Å². The maximum absolute atomic E-state index is 5.99. The van der Waals surface area contributed by atoms with Crippen LogP contribution in [0.1, 0.15) is 31.0 Å². The molecule has 5 heteroatoms. The van der Waals surface area contributed by atoms with Gasteiger partial charge in [-0.05, 0) is 45.6 Å². The summed E-state index contributed by atoms with van der Waals surface area (Å²) in [5.74, 6) is 2.40. The van der Waals surface area contributed by atoms with Crippen molar-refractivity contribution in [3.05, 3.63) is 33.9 Å². The molecule has 3 rings (SSSR count). The summed E-state index contributed by atoms with van der Waals surface area (Å²) in [4.78, 5) is 9.04. The summed E-state index contributed by atoms with van der Waals surface area (Å²) in [6.45, 7) is 4.93. The molecule has 0 saturated heterocycles. The molecular weight excluding hydrogens is 318 g/mol. The molecule has 0 bridgehead atoms. The average Bonchev–Trinajstić information content (AvgIpc) is 2.88. The number of nitrogens with zero attached hydrogens (tertiary/aromatic N) is 2. The summed E-state index contributed by atoms with van der Waals surface area (Å²) in [7, 11) is 0. The van der Waals surface area contributed by atoms with Gasteiger partial charge in [0.25, 0.3) is 0 Å². The molecule has 1 aliphatic heterocycles. The van der Waals surface area contributed by atoms with Crippen molar-refractivity contribution in [2.24, 2.45) is 0 Å². The zero-order valence-electron chi connectivity index (χ0n) is 11.5. The third kappa shape index (κ3) is 2.26. The molecule has 0 spiro atoms. The Morgan fingerprint density at radius 3 is 2.85 bits per heavy atom. The lowest BCUT2D eigenvalue weighted by Gasteiger charge is -2.12. The highest BCUT2D eigenvalue weighted by molar-refractivity contribution is 9.10. The number of ether oxygens (including phenoxy) is 1. The van der Waals surface area contributed by atoms with Crippen LogP contribution in [0, 0.1) is 0 Å². The van der Waals surface area contributed by atoms with E-state index >= 15 is 0 Å².